The molecule has 0 bridgehead atoms. The molecular formula is C28H26N4O5S. The van der Waals surface area contributed by atoms with Crippen molar-refractivity contribution >= 4 is 40.0 Å². The number of aryl methyl sites for hydroxylation is 1. The molecule has 4 aromatic rings. The topological polar surface area (TPSA) is 121 Å². The van der Waals surface area contributed by atoms with E-state index in [1.54, 1.807) is 47.3 Å². The lowest BCUT2D eigenvalue weighted by Gasteiger charge is -2.18. The van der Waals surface area contributed by atoms with Crippen molar-refractivity contribution in [3.05, 3.63) is 93.8 Å². The van der Waals surface area contributed by atoms with E-state index >= 15 is 0 Å². The molecule has 0 unspecified atom stereocenters. The average molecular weight is 531 g/mol. The molecule has 10 heteroatoms. The summed E-state index contributed by atoms with van der Waals surface area (Å²) >= 11 is 1.31. The highest BCUT2D eigenvalue weighted by atomic mass is 32.1. The largest absolute Gasteiger partial charge is 0.489 e. The Bertz CT molecular complexity index is 1470. The Hall–Kier alpha value is -4.28. The molecule has 2 atom stereocenters. The summed E-state index contributed by atoms with van der Waals surface area (Å²) in [6.07, 6.45) is 0. The zero-order chi connectivity index (χ0) is 26.6. The van der Waals surface area contributed by atoms with Gasteiger partial charge in [0.25, 0.3) is 11.8 Å². The summed E-state index contributed by atoms with van der Waals surface area (Å²) in [5.41, 5.74) is 4.87. The van der Waals surface area contributed by atoms with Gasteiger partial charge in [-0.15, -0.1) is 11.3 Å². The molecule has 9 nitrogen and oxygen atoms in total. The fraction of sp³-hybridized carbons (Fsp3) is 0.214. The Balaban J connectivity index is 1.24. The van der Waals surface area contributed by atoms with Crippen molar-refractivity contribution in [1.82, 2.24) is 20.7 Å². The highest BCUT2D eigenvalue weighted by Crippen LogP contribution is 2.24. The zero-order valence-corrected chi connectivity index (χ0v) is 21.4. The van der Waals surface area contributed by atoms with E-state index in [-0.39, 0.29) is 19.0 Å². The number of para-hydroxylation sites is 1. The molecule has 3 heterocycles. The molecule has 3 N–H and O–H groups in total. The fourth-order valence-corrected chi connectivity index (χ4v) is 5.34. The van der Waals surface area contributed by atoms with Crippen LogP contribution in [0, 0.1) is 12.8 Å². The molecule has 3 amide bonds. The minimum Gasteiger partial charge on any atom is -0.489 e. The van der Waals surface area contributed by atoms with Gasteiger partial charge in [-0.2, -0.15) is 0 Å². The number of pyridine rings is 1. The monoisotopic (exact) mass is 530 g/mol. The minimum atomic E-state index is -0.783. The van der Waals surface area contributed by atoms with E-state index < -0.39 is 23.8 Å². The van der Waals surface area contributed by atoms with Crippen LogP contribution in [0.15, 0.2) is 72.1 Å². The summed E-state index contributed by atoms with van der Waals surface area (Å²) in [6, 6.07) is 19.4. The number of aromatic nitrogens is 1. The lowest BCUT2D eigenvalue weighted by atomic mass is 10.0. The number of hydroxylamine groups is 1. The molecule has 0 radical (unpaired) electrons. The molecule has 0 spiro atoms. The number of nitrogens with zero attached hydrogens (tertiary/aromatic N) is 2. The maximum atomic E-state index is 13.0. The minimum absolute atomic E-state index is 0.0873. The van der Waals surface area contributed by atoms with Crippen molar-refractivity contribution in [3.63, 3.8) is 0 Å². The quantitative estimate of drug-likeness (QED) is 0.248. The van der Waals surface area contributed by atoms with E-state index in [9.17, 15) is 19.6 Å². The van der Waals surface area contributed by atoms with E-state index in [4.69, 9.17) is 4.74 Å². The zero-order valence-electron chi connectivity index (χ0n) is 20.6. The van der Waals surface area contributed by atoms with E-state index in [1.807, 2.05) is 37.3 Å². The Morgan fingerprint density at radius 1 is 1.08 bits per heavy atom. The lowest BCUT2D eigenvalue weighted by molar-refractivity contribution is -0.133. The summed E-state index contributed by atoms with van der Waals surface area (Å²) in [4.78, 5) is 44.6. The molecule has 38 heavy (non-hydrogen) atoms. The van der Waals surface area contributed by atoms with Crippen molar-refractivity contribution in [2.45, 2.75) is 19.6 Å². The highest BCUT2D eigenvalue weighted by molar-refractivity contribution is 7.12. The molecule has 2 aromatic carbocycles. The Kier molecular flexibility index (Phi) is 7.34. The summed E-state index contributed by atoms with van der Waals surface area (Å²) in [5, 5.41) is 14.9. The van der Waals surface area contributed by atoms with Crippen LogP contribution >= 0.6 is 11.3 Å². The number of fused-ring (bicyclic) bond motifs is 1. The van der Waals surface area contributed by atoms with Gasteiger partial charge in [0.15, 0.2) is 0 Å². The predicted molar refractivity (Wildman–Crippen MR) is 142 cm³/mol. The van der Waals surface area contributed by atoms with Crippen molar-refractivity contribution in [2.24, 2.45) is 5.92 Å². The first-order chi connectivity index (χ1) is 18.4. The number of carbonyl (C=O) groups is 3. The molecule has 194 valence electrons. The predicted octanol–water partition coefficient (Wildman–Crippen LogP) is 3.56. The van der Waals surface area contributed by atoms with Crippen molar-refractivity contribution in [3.8, 4) is 5.75 Å². The second kappa shape index (κ2) is 11.0. The number of carbonyl (C=O) groups excluding carboxylic acids is 3. The second-order valence-electron chi connectivity index (χ2n) is 9.10. The van der Waals surface area contributed by atoms with Crippen molar-refractivity contribution < 1.29 is 24.3 Å². The van der Waals surface area contributed by atoms with Crippen LogP contribution in [0.25, 0.3) is 10.9 Å². The number of hydrogen-bond acceptors (Lipinski definition) is 7. The standard InChI is InChI=1S/C28H26N4O5S/c1-17-13-19(21-5-2-3-6-23(21)29-17)16-37-20-10-8-18(9-11-20)26(33)30-24-15-32(14-22(24)27(34)31-36)28(35)25-7-4-12-38-25/h2-13,22,24,36H,14-16H2,1H3,(H,30,33)(H,31,34)/t22-,24+/m0/s1. The third kappa shape index (κ3) is 5.36. The number of rotatable bonds is 7. The molecule has 1 saturated heterocycles. The van der Waals surface area contributed by atoms with E-state index in [1.165, 1.54) is 16.2 Å². The fourth-order valence-electron chi connectivity index (χ4n) is 4.65. The smallest absolute Gasteiger partial charge is 0.264 e. The number of amides is 3. The SMILES string of the molecule is Cc1cc(COc2ccc(C(=O)N[C@@H]3CN(C(=O)c4cccs4)C[C@@H]3C(=O)NO)cc2)c2ccccc2n1. The van der Waals surface area contributed by atoms with Gasteiger partial charge in [0.1, 0.15) is 12.4 Å². The van der Waals surface area contributed by atoms with Crippen molar-refractivity contribution in [2.75, 3.05) is 13.1 Å². The molecule has 2 aromatic heterocycles. The molecule has 1 aliphatic heterocycles. The van der Waals surface area contributed by atoms with Gasteiger partial charge in [-0.3, -0.25) is 24.6 Å². The summed E-state index contributed by atoms with van der Waals surface area (Å²) < 4.78 is 5.98. The second-order valence-corrected chi connectivity index (χ2v) is 10.1. The number of nitrogens with one attached hydrogen (secondary N) is 2. The maximum Gasteiger partial charge on any atom is 0.264 e. The molecular weight excluding hydrogens is 504 g/mol. The number of ether oxygens (including phenoxy) is 1. The number of hydrogen-bond donors (Lipinski definition) is 3. The number of thiophene rings is 1. The van der Waals surface area contributed by atoms with Crippen LogP contribution < -0.4 is 15.5 Å². The highest BCUT2D eigenvalue weighted by Gasteiger charge is 2.41. The molecule has 0 saturated carbocycles. The first-order valence-corrected chi connectivity index (χ1v) is 13.0. The van der Waals surface area contributed by atoms with Gasteiger partial charge in [-0.05, 0) is 54.8 Å². The van der Waals surface area contributed by atoms with E-state index in [0.29, 0.717) is 22.8 Å². The van der Waals surface area contributed by atoms with E-state index in [2.05, 4.69) is 10.3 Å². The van der Waals surface area contributed by atoms with Gasteiger partial charge in [-0.25, -0.2) is 5.48 Å². The van der Waals surface area contributed by atoms with Crippen LogP contribution in [-0.4, -0.2) is 51.9 Å². The Labute approximate surface area is 223 Å². The van der Waals surface area contributed by atoms with Crippen LogP contribution in [0.3, 0.4) is 0 Å². The molecule has 1 fully saturated rings. The Morgan fingerprint density at radius 3 is 2.61 bits per heavy atom. The van der Waals surface area contributed by atoms with Gasteiger partial charge in [0.05, 0.1) is 22.4 Å². The van der Waals surface area contributed by atoms with Gasteiger partial charge >= 0.3 is 0 Å². The van der Waals surface area contributed by atoms with Crippen LogP contribution in [-0.2, 0) is 11.4 Å². The average Bonchev–Trinajstić information content (AvgIpc) is 3.62. The third-order valence-corrected chi connectivity index (χ3v) is 7.40. The first-order valence-electron chi connectivity index (χ1n) is 12.1. The van der Waals surface area contributed by atoms with Crippen LogP contribution in [0.1, 0.15) is 31.3 Å². The maximum absolute atomic E-state index is 13.0. The summed E-state index contributed by atoms with van der Waals surface area (Å²) in [5.74, 6) is -1.44. The third-order valence-electron chi connectivity index (χ3n) is 6.54. The Morgan fingerprint density at radius 2 is 1.87 bits per heavy atom. The van der Waals surface area contributed by atoms with E-state index in [0.717, 1.165) is 22.2 Å². The van der Waals surface area contributed by atoms with Crippen LogP contribution in [0.5, 0.6) is 5.75 Å². The number of likely N-dealkylation sites (tertiary alicyclic amines) is 1. The molecule has 5 rings (SSSR count). The van der Waals surface area contributed by atoms with Crippen LogP contribution in [0.4, 0.5) is 0 Å². The van der Waals surface area contributed by atoms with Gasteiger partial charge < -0.3 is 15.0 Å². The molecule has 1 aliphatic rings. The number of benzene rings is 2. The van der Waals surface area contributed by atoms with Gasteiger partial charge in [0.2, 0.25) is 5.91 Å². The normalized spacial score (nSPS) is 16.8. The van der Waals surface area contributed by atoms with Crippen molar-refractivity contribution in [1.29, 1.82) is 0 Å². The summed E-state index contributed by atoms with van der Waals surface area (Å²) in [6.45, 7) is 2.54. The summed E-state index contributed by atoms with van der Waals surface area (Å²) in [7, 11) is 0. The molecule has 0 aliphatic carbocycles. The van der Waals surface area contributed by atoms with Gasteiger partial charge in [0, 0.05) is 35.3 Å². The lowest BCUT2D eigenvalue weighted by Crippen LogP contribution is -2.45. The van der Waals surface area contributed by atoms with Gasteiger partial charge in [-0.1, -0.05) is 24.3 Å². The first kappa shape index (κ1) is 25.4. The van der Waals surface area contributed by atoms with Crippen LogP contribution in [0.2, 0.25) is 0 Å².